The van der Waals surface area contributed by atoms with Gasteiger partial charge in [-0.25, -0.2) is 0 Å². The van der Waals surface area contributed by atoms with Crippen molar-refractivity contribution in [3.8, 4) is 11.4 Å². The molecule has 2 aromatic carbocycles. The largest absolute Gasteiger partial charge is 0.383 e. The highest BCUT2D eigenvalue weighted by Crippen LogP contribution is 2.24. The van der Waals surface area contributed by atoms with Crippen LogP contribution in [0.2, 0.25) is 0 Å². The van der Waals surface area contributed by atoms with Crippen LogP contribution in [0.4, 0.5) is 5.69 Å². The van der Waals surface area contributed by atoms with Crippen LogP contribution in [0.15, 0.2) is 53.1 Å². The number of benzene rings is 2. The molecule has 1 aliphatic rings. The third-order valence-electron chi connectivity index (χ3n) is 6.19. The number of carbonyl (C=O) groups excluding carboxylic acids is 2. The van der Waals surface area contributed by atoms with Gasteiger partial charge in [0, 0.05) is 25.1 Å². The van der Waals surface area contributed by atoms with E-state index in [-0.39, 0.29) is 17.7 Å². The molecule has 1 aromatic heterocycles. The van der Waals surface area contributed by atoms with E-state index in [9.17, 15) is 9.59 Å². The second-order valence-electron chi connectivity index (χ2n) is 8.66. The summed E-state index contributed by atoms with van der Waals surface area (Å²) in [4.78, 5) is 32.2. The topological polar surface area (TPSA) is 110 Å². The smallest absolute Gasteiger partial charge is 0.253 e. The van der Waals surface area contributed by atoms with Gasteiger partial charge in [-0.05, 0) is 50.6 Å². The summed E-state index contributed by atoms with van der Waals surface area (Å²) in [6.07, 6.45) is 1.43. The summed E-state index contributed by atoms with van der Waals surface area (Å²) in [5.41, 5.74) is 3.02. The lowest BCUT2D eigenvalue weighted by atomic mass is 9.95. The van der Waals surface area contributed by atoms with Crippen LogP contribution in [0.1, 0.15) is 34.7 Å². The van der Waals surface area contributed by atoms with Gasteiger partial charge in [0.25, 0.3) is 5.91 Å². The normalized spacial score (nSPS) is 14.6. The van der Waals surface area contributed by atoms with Gasteiger partial charge >= 0.3 is 0 Å². The van der Waals surface area contributed by atoms with Crippen molar-refractivity contribution in [1.82, 2.24) is 20.4 Å². The molecule has 9 nitrogen and oxygen atoms in total. The summed E-state index contributed by atoms with van der Waals surface area (Å²) in [6.45, 7) is 4.90. The Morgan fingerprint density at radius 1 is 1.11 bits per heavy atom. The quantitative estimate of drug-likeness (QED) is 0.455. The Morgan fingerprint density at radius 3 is 2.63 bits per heavy atom. The van der Waals surface area contributed by atoms with Crippen molar-refractivity contribution >= 4 is 17.5 Å². The molecule has 0 aliphatic carbocycles. The predicted octanol–water partition coefficient (Wildman–Crippen LogP) is 3.27. The summed E-state index contributed by atoms with van der Waals surface area (Å²) in [5.74, 6) is 0.733. The number of piperidine rings is 1. The van der Waals surface area contributed by atoms with E-state index >= 15 is 0 Å². The molecule has 3 aromatic rings. The summed E-state index contributed by atoms with van der Waals surface area (Å²) < 4.78 is 10.4. The molecular weight excluding hydrogens is 446 g/mol. The van der Waals surface area contributed by atoms with Crippen LogP contribution in [0.5, 0.6) is 0 Å². The van der Waals surface area contributed by atoms with Gasteiger partial charge in [0.15, 0.2) is 0 Å². The van der Waals surface area contributed by atoms with E-state index in [1.165, 1.54) is 0 Å². The number of aromatic nitrogens is 2. The summed E-state index contributed by atoms with van der Waals surface area (Å²) in [7, 11) is 1.58. The van der Waals surface area contributed by atoms with Crippen molar-refractivity contribution in [2.45, 2.75) is 26.3 Å². The Balaban J connectivity index is 1.29. The van der Waals surface area contributed by atoms with E-state index in [1.807, 2.05) is 31.2 Å². The first-order valence-corrected chi connectivity index (χ1v) is 11.8. The molecular formula is C26H31N5O4. The second kappa shape index (κ2) is 11.7. The average Bonchev–Trinajstić information content (AvgIpc) is 3.33. The molecule has 9 heteroatoms. The van der Waals surface area contributed by atoms with Gasteiger partial charge in [0.1, 0.15) is 0 Å². The molecule has 2 heterocycles. The van der Waals surface area contributed by atoms with Gasteiger partial charge in [-0.15, -0.1) is 0 Å². The van der Waals surface area contributed by atoms with Crippen molar-refractivity contribution in [1.29, 1.82) is 0 Å². The van der Waals surface area contributed by atoms with Crippen LogP contribution < -0.4 is 10.6 Å². The molecule has 35 heavy (non-hydrogen) atoms. The maximum Gasteiger partial charge on any atom is 0.253 e. The minimum Gasteiger partial charge on any atom is -0.383 e. The van der Waals surface area contributed by atoms with E-state index in [1.54, 1.807) is 31.4 Å². The molecule has 184 valence electrons. The Hall–Kier alpha value is -3.56. The fraction of sp³-hybridized carbons (Fsp3) is 0.385. The molecule has 1 saturated heterocycles. The molecule has 0 atom stereocenters. The third-order valence-corrected chi connectivity index (χ3v) is 6.19. The van der Waals surface area contributed by atoms with Crippen LogP contribution in [0, 0.1) is 12.8 Å². The number of aryl methyl sites for hydroxylation is 1. The van der Waals surface area contributed by atoms with Crippen molar-refractivity contribution in [2.75, 3.05) is 38.7 Å². The number of anilines is 1. The van der Waals surface area contributed by atoms with Crippen molar-refractivity contribution < 1.29 is 18.8 Å². The monoisotopic (exact) mass is 477 g/mol. The second-order valence-corrected chi connectivity index (χ2v) is 8.66. The molecule has 0 saturated carbocycles. The number of carbonyl (C=O) groups is 2. The Labute approximate surface area is 204 Å². The minimum absolute atomic E-state index is 0.0681. The van der Waals surface area contributed by atoms with Gasteiger partial charge in [0.2, 0.25) is 17.6 Å². The zero-order chi connectivity index (χ0) is 24.6. The van der Waals surface area contributed by atoms with E-state index in [2.05, 4.69) is 25.7 Å². The van der Waals surface area contributed by atoms with Gasteiger partial charge in [-0.3, -0.25) is 14.5 Å². The number of likely N-dealkylation sites (tertiary alicyclic amines) is 1. The standard InChI is InChI=1S/C26H31N5O4/c1-18-7-3-4-8-20(18)24-29-23(35-30-24)17-31-14-11-19(12-15-31)25(32)28-22-10-6-5-9-21(22)26(33)27-13-16-34-2/h3-10,19H,11-17H2,1-2H3,(H,27,33)(H,28,32). The van der Waals surface area contributed by atoms with Crippen molar-refractivity contribution in [3.05, 3.63) is 65.5 Å². The molecule has 0 radical (unpaired) electrons. The molecule has 0 bridgehead atoms. The zero-order valence-corrected chi connectivity index (χ0v) is 20.1. The molecule has 1 aliphatic heterocycles. The van der Waals surface area contributed by atoms with E-state index in [0.717, 1.165) is 24.2 Å². The Morgan fingerprint density at radius 2 is 1.86 bits per heavy atom. The third kappa shape index (κ3) is 6.32. The Bertz CT molecular complexity index is 1150. The molecule has 0 spiro atoms. The predicted molar refractivity (Wildman–Crippen MR) is 132 cm³/mol. The molecule has 2 amide bonds. The van der Waals surface area contributed by atoms with Gasteiger partial charge in [0.05, 0.1) is 24.4 Å². The summed E-state index contributed by atoms with van der Waals surface area (Å²) in [6, 6.07) is 15.0. The number of para-hydroxylation sites is 1. The van der Waals surface area contributed by atoms with Gasteiger partial charge in [-0.2, -0.15) is 4.98 Å². The number of hydrogen-bond acceptors (Lipinski definition) is 7. The molecule has 1 fully saturated rings. The van der Waals surface area contributed by atoms with Crippen LogP contribution in [0.3, 0.4) is 0 Å². The fourth-order valence-electron chi connectivity index (χ4n) is 4.18. The van der Waals surface area contributed by atoms with Crippen LogP contribution in [0.25, 0.3) is 11.4 Å². The lowest BCUT2D eigenvalue weighted by Gasteiger charge is -2.30. The maximum absolute atomic E-state index is 12.9. The van der Waals surface area contributed by atoms with Crippen LogP contribution in [-0.2, 0) is 16.1 Å². The molecule has 2 N–H and O–H groups in total. The Kier molecular flexibility index (Phi) is 8.23. The van der Waals surface area contributed by atoms with Gasteiger partial charge in [-0.1, -0.05) is 41.6 Å². The first-order valence-electron chi connectivity index (χ1n) is 11.8. The molecule has 4 rings (SSSR count). The number of rotatable bonds is 9. The first-order chi connectivity index (χ1) is 17.0. The maximum atomic E-state index is 12.9. The number of methoxy groups -OCH3 is 1. The number of amides is 2. The van der Waals surface area contributed by atoms with Crippen molar-refractivity contribution in [3.63, 3.8) is 0 Å². The highest BCUT2D eigenvalue weighted by molar-refractivity contribution is 6.04. The lowest BCUT2D eigenvalue weighted by Crippen LogP contribution is -2.38. The SMILES string of the molecule is COCCNC(=O)c1ccccc1NC(=O)C1CCN(Cc2nc(-c3ccccc3C)no2)CC1. The minimum atomic E-state index is -0.239. The number of ether oxygens (including phenoxy) is 1. The molecule has 0 unspecified atom stereocenters. The van der Waals surface area contributed by atoms with Crippen molar-refractivity contribution in [2.24, 2.45) is 5.92 Å². The van der Waals surface area contributed by atoms with E-state index < -0.39 is 0 Å². The number of nitrogens with one attached hydrogen (secondary N) is 2. The first kappa shape index (κ1) is 24.6. The fourth-order valence-corrected chi connectivity index (χ4v) is 4.18. The number of hydrogen-bond donors (Lipinski definition) is 2. The summed E-state index contributed by atoms with van der Waals surface area (Å²) >= 11 is 0. The highest BCUT2D eigenvalue weighted by Gasteiger charge is 2.27. The van der Waals surface area contributed by atoms with Gasteiger partial charge < -0.3 is 19.9 Å². The van der Waals surface area contributed by atoms with E-state index in [4.69, 9.17) is 9.26 Å². The highest BCUT2D eigenvalue weighted by atomic mass is 16.5. The van der Waals surface area contributed by atoms with E-state index in [0.29, 0.717) is 55.5 Å². The number of nitrogens with zero attached hydrogens (tertiary/aromatic N) is 3. The van der Waals surface area contributed by atoms with Crippen LogP contribution >= 0.6 is 0 Å². The average molecular weight is 478 g/mol. The van der Waals surface area contributed by atoms with Crippen LogP contribution in [-0.4, -0.2) is 60.2 Å². The lowest BCUT2D eigenvalue weighted by molar-refractivity contribution is -0.121. The summed E-state index contributed by atoms with van der Waals surface area (Å²) in [5, 5.41) is 9.88. The zero-order valence-electron chi connectivity index (χ0n) is 20.1.